The Morgan fingerprint density at radius 3 is 2.65 bits per heavy atom. The van der Waals surface area contributed by atoms with Gasteiger partial charge in [0.25, 0.3) is 0 Å². The summed E-state index contributed by atoms with van der Waals surface area (Å²) in [5.41, 5.74) is 8.17. The molecule has 0 atom stereocenters. The molecule has 0 saturated heterocycles. The minimum atomic E-state index is 0. The highest BCUT2D eigenvalue weighted by Gasteiger charge is 2.04. The van der Waals surface area contributed by atoms with Gasteiger partial charge in [0.1, 0.15) is 5.82 Å². The molecule has 2 heterocycles. The third-order valence-electron chi connectivity index (χ3n) is 2.20. The highest BCUT2D eigenvalue weighted by atomic mass is 35.5. The fraction of sp³-hybridized carbons (Fsp3) is 0.250. The maximum absolute atomic E-state index is 5.50. The summed E-state index contributed by atoms with van der Waals surface area (Å²) >= 11 is 0. The van der Waals surface area contributed by atoms with Crippen molar-refractivity contribution < 1.29 is 0 Å². The summed E-state index contributed by atoms with van der Waals surface area (Å²) in [5.74, 6) is 0.781. The number of hydrogen-bond donors (Lipinski definition) is 1. The zero-order valence-electron chi connectivity index (χ0n) is 9.63. The van der Waals surface area contributed by atoms with Crippen LogP contribution in [-0.2, 0) is 6.42 Å². The summed E-state index contributed by atoms with van der Waals surface area (Å²) in [6, 6.07) is 7.71. The number of aromatic nitrogens is 3. The van der Waals surface area contributed by atoms with Crippen LogP contribution in [0.15, 0.2) is 30.5 Å². The van der Waals surface area contributed by atoms with Crippen molar-refractivity contribution in [3.63, 3.8) is 0 Å². The van der Waals surface area contributed by atoms with Crippen LogP contribution in [0.1, 0.15) is 11.5 Å². The van der Waals surface area contributed by atoms with Crippen LogP contribution in [0.4, 0.5) is 0 Å². The van der Waals surface area contributed by atoms with Crippen LogP contribution in [0.5, 0.6) is 0 Å². The Morgan fingerprint density at radius 1 is 1.18 bits per heavy atom. The van der Waals surface area contributed by atoms with E-state index in [0.717, 1.165) is 22.9 Å². The van der Waals surface area contributed by atoms with E-state index in [9.17, 15) is 0 Å². The lowest BCUT2D eigenvalue weighted by Crippen LogP contribution is -2.08. The average molecular weight is 251 g/mol. The molecule has 2 rings (SSSR count). The number of nitrogens with zero attached hydrogens (tertiary/aromatic N) is 3. The number of hydrogen-bond acceptors (Lipinski definition) is 4. The van der Waals surface area contributed by atoms with E-state index in [1.165, 1.54) is 0 Å². The monoisotopic (exact) mass is 250 g/mol. The predicted octanol–water partition coefficient (Wildman–Crippen LogP) is 1.77. The molecule has 0 aliphatic carbocycles. The van der Waals surface area contributed by atoms with Gasteiger partial charge in [-0.3, -0.25) is 4.98 Å². The van der Waals surface area contributed by atoms with E-state index in [4.69, 9.17) is 5.73 Å². The van der Waals surface area contributed by atoms with Crippen molar-refractivity contribution in [1.82, 2.24) is 15.0 Å². The van der Waals surface area contributed by atoms with Crippen LogP contribution in [-0.4, -0.2) is 21.5 Å². The minimum absolute atomic E-state index is 0. The molecular formula is C12H15ClN4. The molecule has 0 fully saturated rings. The lowest BCUT2D eigenvalue weighted by Gasteiger charge is -2.04. The SMILES string of the molecule is Cc1cc(-c2ccccn2)nc(CCN)n1.Cl. The van der Waals surface area contributed by atoms with Crippen LogP contribution < -0.4 is 5.73 Å². The van der Waals surface area contributed by atoms with Crippen LogP contribution >= 0.6 is 12.4 Å². The molecule has 2 aromatic rings. The molecule has 5 heteroatoms. The van der Waals surface area contributed by atoms with Gasteiger partial charge in [-0.05, 0) is 31.7 Å². The Morgan fingerprint density at radius 2 is 2.00 bits per heavy atom. The molecule has 0 radical (unpaired) electrons. The van der Waals surface area contributed by atoms with E-state index >= 15 is 0 Å². The van der Waals surface area contributed by atoms with E-state index < -0.39 is 0 Å². The topological polar surface area (TPSA) is 64.7 Å². The third kappa shape index (κ3) is 3.47. The molecule has 2 aromatic heterocycles. The normalized spacial score (nSPS) is 9.76. The molecule has 90 valence electrons. The molecule has 0 aliphatic heterocycles. The number of pyridine rings is 1. The summed E-state index contributed by atoms with van der Waals surface area (Å²) in [7, 11) is 0. The van der Waals surface area contributed by atoms with Gasteiger partial charge >= 0.3 is 0 Å². The van der Waals surface area contributed by atoms with Crippen molar-refractivity contribution >= 4 is 12.4 Å². The zero-order valence-corrected chi connectivity index (χ0v) is 10.4. The predicted molar refractivity (Wildman–Crippen MR) is 70.0 cm³/mol. The van der Waals surface area contributed by atoms with Gasteiger partial charge in [0.2, 0.25) is 0 Å². The first-order valence-corrected chi connectivity index (χ1v) is 5.25. The standard InChI is InChI=1S/C12H14N4.ClH/c1-9-8-11(10-4-2-3-7-14-10)16-12(15-9)5-6-13;/h2-4,7-8H,5-6,13H2,1H3;1H. The summed E-state index contributed by atoms with van der Waals surface area (Å²) in [6.07, 6.45) is 2.46. The highest BCUT2D eigenvalue weighted by Crippen LogP contribution is 2.14. The molecule has 0 unspecified atom stereocenters. The van der Waals surface area contributed by atoms with Gasteiger partial charge in [-0.1, -0.05) is 6.07 Å². The first-order valence-electron chi connectivity index (χ1n) is 5.25. The van der Waals surface area contributed by atoms with Gasteiger partial charge in [0, 0.05) is 18.3 Å². The van der Waals surface area contributed by atoms with E-state index in [1.54, 1.807) is 6.20 Å². The van der Waals surface area contributed by atoms with E-state index in [2.05, 4.69) is 15.0 Å². The summed E-state index contributed by atoms with van der Waals surface area (Å²) < 4.78 is 0. The molecule has 0 aliphatic rings. The Labute approximate surface area is 107 Å². The maximum Gasteiger partial charge on any atom is 0.130 e. The molecule has 17 heavy (non-hydrogen) atoms. The third-order valence-corrected chi connectivity index (χ3v) is 2.20. The molecule has 0 amide bonds. The zero-order chi connectivity index (χ0) is 11.4. The smallest absolute Gasteiger partial charge is 0.130 e. The lowest BCUT2D eigenvalue weighted by atomic mass is 10.2. The first-order chi connectivity index (χ1) is 7.79. The van der Waals surface area contributed by atoms with Crippen molar-refractivity contribution in [3.8, 4) is 11.4 Å². The van der Waals surface area contributed by atoms with E-state index in [0.29, 0.717) is 13.0 Å². The van der Waals surface area contributed by atoms with Crippen molar-refractivity contribution in [2.75, 3.05) is 6.54 Å². The second kappa shape index (κ2) is 6.27. The molecule has 0 aromatic carbocycles. The highest BCUT2D eigenvalue weighted by molar-refractivity contribution is 5.85. The van der Waals surface area contributed by atoms with Crippen molar-refractivity contribution in [3.05, 3.63) is 42.0 Å². The maximum atomic E-state index is 5.50. The molecule has 0 spiro atoms. The second-order valence-electron chi connectivity index (χ2n) is 3.56. The van der Waals surface area contributed by atoms with Gasteiger partial charge < -0.3 is 5.73 Å². The first kappa shape index (κ1) is 13.5. The Hall–Kier alpha value is -1.52. The summed E-state index contributed by atoms with van der Waals surface area (Å²) in [4.78, 5) is 13.0. The number of rotatable bonds is 3. The van der Waals surface area contributed by atoms with Crippen molar-refractivity contribution in [1.29, 1.82) is 0 Å². The molecule has 4 nitrogen and oxygen atoms in total. The molecule has 2 N–H and O–H groups in total. The Balaban J connectivity index is 0.00000144. The largest absolute Gasteiger partial charge is 0.330 e. The summed E-state index contributed by atoms with van der Waals surface area (Å²) in [5, 5.41) is 0. The quantitative estimate of drug-likeness (QED) is 0.902. The molecular weight excluding hydrogens is 236 g/mol. The van der Waals surface area contributed by atoms with Crippen molar-refractivity contribution in [2.24, 2.45) is 5.73 Å². The number of aryl methyl sites for hydroxylation is 1. The lowest BCUT2D eigenvalue weighted by molar-refractivity contribution is 0.857. The fourth-order valence-corrected chi connectivity index (χ4v) is 1.52. The minimum Gasteiger partial charge on any atom is -0.330 e. The van der Waals surface area contributed by atoms with Gasteiger partial charge in [0.05, 0.1) is 11.4 Å². The second-order valence-corrected chi connectivity index (χ2v) is 3.56. The van der Waals surface area contributed by atoms with Gasteiger partial charge in [-0.15, -0.1) is 12.4 Å². The molecule has 0 bridgehead atoms. The number of halogens is 1. The summed E-state index contributed by atoms with van der Waals surface area (Å²) in [6.45, 7) is 2.51. The Kier molecular flexibility index (Phi) is 5.00. The van der Waals surface area contributed by atoms with Crippen LogP contribution in [0.2, 0.25) is 0 Å². The van der Waals surface area contributed by atoms with E-state index in [1.807, 2.05) is 31.2 Å². The van der Waals surface area contributed by atoms with Crippen LogP contribution in [0.25, 0.3) is 11.4 Å². The Bertz CT molecular complexity index is 473. The number of nitrogens with two attached hydrogens (primary N) is 1. The average Bonchev–Trinajstić information content (AvgIpc) is 2.30. The van der Waals surface area contributed by atoms with Gasteiger partial charge in [-0.2, -0.15) is 0 Å². The van der Waals surface area contributed by atoms with Crippen LogP contribution in [0.3, 0.4) is 0 Å². The van der Waals surface area contributed by atoms with Crippen LogP contribution in [0, 0.1) is 6.92 Å². The van der Waals surface area contributed by atoms with Crippen molar-refractivity contribution in [2.45, 2.75) is 13.3 Å². The van der Waals surface area contributed by atoms with Gasteiger partial charge in [0.15, 0.2) is 0 Å². The van der Waals surface area contributed by atoms with E-state index in [-0.39, 0.29) is 12.4 Å². The molecule has 0 saturated carbocycles. The fourth-order valence-electron chi connectivity index (χ4n) is 1.52. The van der Waals surface area contributed by atoms with Gasteiger partial charge in [-0.25, -0.2) is 9.97 Å².